The Bertz CT molecular complexity index is 2730. The van der Waals surface area contributed by atoms with E-state index in [4.69, 9.17) is 0 Å². The Hall–Kier alpha value is -4.85. The number of nitrogens with zero attached hydrogens (tertiary/aromatic N) is 2. The molecular formula is C51H51F3N2S2. The van der Waals surface area contributed by atoms with Gasteiger partial charge in [-0.25, -0.2) is 0 Å². The summed E-state index contributed by atoms with van der Waals surface area (Å²) in [6.07, 6.45) is -0.0954. The molecule has 0 aliphatic carbocycles. The molecule has 0 saturated carbocycles. The third kappa shape index (κ3) is 7.04. The van der Waals surface area contributed by atoms with Crippen LogP contribution in [0.15, 0.2) is 127 Å². The van der Waals surface area contributed by atoms with Gasteiger partial charge in [0.05, 0.1) is 5.56 Å². The topological polar surface area (TPSA) is 6.48 Å². The van der Waals surface area contributed by atoms with Gasteiger partial charge >= 0.3 is 6.18 Å². The summed E-state index contributed by atoms with van der Waals surface area (Å²) in [7, 11) is 1.90. The lowest BCUT2D eigenvalue weighted by molar-refractivity contribution is -0.137. The van der Waals surface area contributed by atoms with Crippen LogP contribution < -0.4 is 9.80 Å². The van der Waals surface area contributed by atoms with Gasteiger partial charge in [-0.1, -0.05) is 95.6 Å². The number of hydrogen-bond acceptors (Lipinski definition) is 4. The number of benzene rings is 6. The molecule has 0 N–H and O–H groups in total. The minimum Gasteiger partial charge on any atom is -0.345 e. The summed E-state index contributed by atoms with van der Waals surface area (Å²) in [6, 6.07) is 43.7. The van der Waals surface area contributed by atoms with Crippen LogP contribution in [0.5, 0.6) is 0 Å². The second-order valence-electron chi connectivity index (χ2n) is 16.4. The molecule has 2 unspecified atom stereocenters. The predicted octanol–water partition coefficient (Wildman–Crippen LogP) is 16.8. The molecule has 0 spiro atoms. The van der Waals surface area contributed by atoms with Crippen molar-refractivity contribution in [2.75, 3.05) is 16.8 Å². The number of anilines is 4. The van der Waals surface area contributed by atoms with Crippen molar-refractivity contribution in [3.05, 3.63) is 144 Å². The zero-order chi connectivity index (χ0) is 41.0. The molecule has 2 aromatic heterocycles. The van der Waals surface area contributed by atoms with Crippen LogP contribution >= 0.6 is 22.7 Å². The van der Waals surface area contributed by atoms with E-state index in [1.807, 2.05) is 23.3 Å². The number of rotatable bonds is 12. The monoisotopic (exact) mass is 812 g/mol. The lowest BCUT2D eigenvalue weighted by Crippen LogP contribution is -2.47. The van der Waals surface area contributed by atoms with Gasteiger partial charge in [0, 0.05) is 81.6 Å². The van der Waals surface area contributed by atoms with E-state index in [-0.39, 0.29) is 16.9 Å². The SMILES string of the molecule is CCCC(C)(C(C)c1ccc2c(c1)sc1cc(N(C)c3ccc(C(F)(F)F)cc3)ccc12)N(c1ccccc1)c1ccc2c(c1)sc1cc(C(C)(CC)CC)ccc12. The highest BCUT2D eigenvalue weighted by Crippen LogP contribution is 2.48. The standard InChI is InChI=1S/C51H51F3N2S2/c1-8-28-50(6,56(38-14-12-11-13-15-38)40-23-27-44-42-25-19-36(49(5,9-2)10-3)30-46(42)58-48(44)32-40)33(4)34-16-24-41-43-26-22-39(31-47(43)57-45(41)29-34)55(7)37-20-17-35(18-21-37)51(52,53)54/h11-27,29-33H,8-10,28H2,1-7H3. The molecule has 298 valence electrons. The molecule has 7 heteroatoms. The molecule has 0 bridgehead atoms. The van der Waals surface area contributed by atoms with Crippen molar-refractivity contribution in [3.8, 4) is 0 Å². The Labute approximate surface area is 348 Å². The summed E-state index contributed by atoms with van der Waals surface area (Å²) in [6.45, 7) is 14.1. The van der Waals surface area contributed by atoms with Crippen molar-refractivity contribution in [1.82, 2.24) is 0 Å². The lowest BCUT2D eigenvalue weighted by Gasteiger charge is -2.47. The highest BCUT2D eigenvalue weighted by molar-refractivity contribution is 7.26. The fourth-order valence-electron chi connectivity index (χ4n) is 8.92. The van der Waals surface area contributed by atoms with E-state index >= 15 is 0 Å². The van der Waals surface area contributed by atoms with Crippen molar-refractivity contribution in [3.63, 3.8) is 0 Å². The van der Waals surface area contributed by atoms with Crippen LogP contribution in [0.3, 0.4) is 0 Å². The van der Waals surface area contributed by atoms with Crippen molar-refractivity contribution in [2.45, 2.75) is 90.3 Å². The first-order valence-corrected chi connectivity index (χ1v) is 22.1. The lowest BCUT2D eigenvalue weighted by atomic mass is 9.76. The Morgan fingerprint density at radius 1 is 0.552 bits per heavy atom. The van der Waals surface area contributed by atoms with Crippen LogP contribution in [0.1, 0.15) is 89.8 Å². The van der Waals surface area contributed by atoms with E-state index in [0.717, 1.165) is 48.2 Å². The molecule has 0 amide bonds. The van der Waals surface area contributed by atoms with Gasteiger partial charge in [0.1, 0.15) is 0 Å². The largest absolute Gasteiger partial charge is 0.416 e. The number of halogens is 3. The fourth-order valence-corrected chi connectivity index (χ4v) is 11.3. The van der Waals surface area contributed by atoms with Crippen molar-refractivity contribution in [1.29, 1.82) is 0 Å². The summed E-state index contributed by atoms with van der Waals surface area (Å²) in [5, 5.41) is 5.04. The molecular weight excluding hydrogens is 762 g/mol. The first-order chi connectivity index (χ1) is 27.8. The normalized spacial score (nSPS) is 14.0. The van der Waals surface area contributed by atoms with Gasteiger partial charge in [-0.05, 0) is 116 Å². The Morgan fingerprint density at radius 2 is 1.05 bits per heavy atom. The molecule has 2 heterocycles. The maximum absolute atomic E-state index is 13.2. The van der Waals surface area contributed by atoms with E-state index in [1.54, 1.807) is 11.3 Å². The quantitative estimate of drug-likeness (QED) is 0.121. The average molecular weight is 813 g/mol. The molecule has 0 saturated heterocycles. The molecule has 6 aromatic carbocycles. The van der Waals surface area contributed by atoms with Gasteiger partial charge in [0.25, 0.3) is 0 Å². The van der Waals surface area contributed by atoms with Gasteiger partial charge in [0.15, 0.2) is 0 Å². The van der Waals surface area contributed by atoms with Gasteiger partial charge in [0.2, 0.25) is 0 Å². The number of thiophene rings is 2. The zero-order valence-electron chi connectivity index (χ0n) is 34.4. The van der Waals surface area contributed by atoms with Crippen molar-refractivity contribution in [2.24, 2.45) is 0 Å². The van der Waals surface area contributed by atoms with Crippen LogP contribution in [0.25, 0.3) is 40.3 Å². The van der Waals surface area contributed by atoms with E-state index in [0.29, 0.717) is 5.69 Å². The molecule has 8 aromatic rings. The minimum atomic E-state index is -4.36. The minimum absolute atomic E-state index is 0.171. The van der Waals surface area contributed by atoms with Gasteiger partial charge < -0.3 is 9.80 Å². The number of hydrogen-bond donors (Lipinski definition) is 0. The fraction of sp³-hybridized carbons (Fsp3) is 0.294. The molecule has 0 fully saturated rings. The van der Waals surface area contributed by atoms with Crippen LogP contribution in [-0.2, 0) is 11.6 Å². The number of fused-ring (bicyclic) bond motifs is 6. The average Bonchev–Trinajstić information content (AvgIpc) is 3.79. The predicted molar refractivity (Wildman–Crippen MR) is 246 cm³/mol. The van der Waals surface area contributed by atoms with Gasteiger partial charge in [-0.15, -0.1) is 22.7 Å². The smallest absolute Gasteiger partial charge is 0.345 e. The van der Waals surface area contributed by atoms with E-state index < -0.39 is 11.7 Å². The first kappa shape index (κ1) is 40.0. The van der Waals surface area contributed by atoms with Crippen molar-refractivity contribution >= 4 is 85.8 Å². The molecule has 0 aliphatic rings. The van der Waals surface area contributed by atoms with Crippen molar-refractivity contribution < 1.29 is 13.2 Å². The highest BCUT2D eigenvalue weighted by Gasteiger charge is 2.39. The third-order valence-electron chi connectivity index (χ3n) is 13.1. The molecule has 0 aliphatic heterocycles. The zero-order valence-corrected chi connectivity index (χ0v) is 36.0. The number of alkyl halides is 3. The Kier molecular flexibility index (Phi) is 10.6. The summed E-state index contributed by atoms with van der Waals surface area (Å²) in [5.41, 5.74) is 6.00. The highest BCUT2D eigenvalue weighted by atomic mass is 32.1. The van der Waals surface area contributed by atoms with Crippen LogP contribution in [0.2, 0.25) is 0 Å². The molecule has 2 atom stereocenters. The van der Waals surface area contributed by atoms with Crippen LogP contribution in [-0.4, -0.2) is 12.6 Å². The molecule has 58 heavy (non-hydrogen) atoms. The Balaban J connectivity index is 1.17. The summed E-state index contributed by atoms with van der Waals surface area (Å²) < 4.78 is 44.7. The summed E-state index contributed by atoms with van der Waals surface area (Å²) >= 11 is 3.68. The van der Waals surface area contributed by atoms with Gasteiger partial charge in [-0.3, -0.25) is 0 Å². The van der Waals surface area contributed by atoms with E-state index in [1.165, 1.54) is 70.3 Å². The van der Waals surface area contributed by atoms with Crippen LogP contribution in [0, 0.1) is 0 Å². The third-order valence-corrected chi connectivity index (χ3v) is 15.4. The summed E-state index contributed by atoms with van der Waals surface area (Å²) in [4.78, 5) is 4.54. The molecule has 2 nitrogen and oxygen atoms in total. The van der Waals surface area contributed by atoms with Gasteiger partial charge in [-0.2, -0.15) is 13.2 Å². The molecule has 8 rings (SSSR count). The van der Waals surface area contributed by atoms with E-state index in [2.05, 4.69) is 150 Å². The van der Waals surface area contributed by atoms with E-state index in [9.17, 15) is 13.2 Å². The maximum atomic E-state index is 13.2. The summed E-state index contributed by atoms with van der Waals surface area (Å²) in [5.74, 6) is 0.171. The number of para-hydroxylation sites is 1. The second-order valence-corrected chi connectivity index (χ2v) is 18.6. The Morgan fingerprint density at radius 3 is 1.64 bits per heavy atom. The first-order valence-electron chi connectivity index (χ1n) is 20.5. The second kappa shape index (κ2) is 15.4. The van der Waals surface area contributed by atoms with Crippen LogP contribution in [0.4, 0.5) is 35.9 Å². The molecule has 0 radical (unpaired) electrons. The maximum Gasteiger partial charge on any atom is 0.416 e.